The topological polar surface area (TPSA) is 76.4 Å². The summed E-state index contributed by atoms with van der Waals surface area (Å²) in [6.07, 6.45) is 4.60. The summed E-state index contributed by atoms with van der Waals surface area (Å²) in [4.78, 5) is 13.2. The van der Waals surface area contributed by atoms with Crippen molar-refractivity contribution in [2.24, 2.45) is 11.7 Å². The Morgan fingerprint density at radius 2 is 1.81 bits per heavy atom. The number of hydrogen-bond donors (Lipinski definition) is 3. The molecule has 5 heteroatoms. The van der Waals surface area contributed by atoms with Crippen molar-refractivity contribution in [1.29, 1.82) is 0 Å². The summed E-state index contributed by atoms with van der Waals surface area (Å²) >= 11 is 0. The Labute approximate surface area is 220 Å². The van der Waals surface area contributed by atoms with Gasteiger partial charge in [0.1, 0.15) is 5.75 Å². The summed E-state index contributed by atoms with van der Waals surface area (Å²) in [7, 11) is 1.72. The summed E-state index contributed by atoms with van der Waals surface area (Å²) < 4.78 is 5.41. The van der Waals surface area contributed by atoms with Gasteiger partial charge in [-0.15, -0.1) is 0 Å². The lowest BCUT2D eigenvalue weighted by Crippen LogP contribution is -2.44. The van der Waals surface area contributed by atoms with Gasteiger partial charge in [0.15, 0.2) is 0 Å². The highest BCUT2D eigenvalue weighted by Crippen LogP contribution is 2.35. The first-order valence-corrected chi connectivity index (χ1v) is 13.5. The Bertz CT molecular complexity index is 1290. The average molecular weight is 498 g/mol. The van der Waals surface area contributed by atoms with Crippen LogP contribution in [-0.4, -0.2) is 25.6 Å². The van der Waals surface area contributed by atoms with E-state index in [1.54, 1.807) is 7.11 Å². The van der Waals surface area contributed by atoms with Crippen molar-refractivity contribution in [3.05, 3.63) is 93.0 Å². The smallest absolute Gasteiger partial charge is 0.237 e. The molecule has 0 saturated heterocycles. The van der Waals surface area contributed by atoms with E-state index in [2.05, 4.69) is 79.9 Å². The van der Waals surface area contributed by atoms with Gasteiger partial charge in [-0.2, -0.15) is 0 Å². The molecule has 0 bridgehead atoms. The van der Waals surface area contributed by atoms with Crippen LogP contribution in [0.15, 0.2) is 48.5 Å². The van der Waals surface area contributed by atoms with Crippen LogP contribution >= 0.6 is 0 Å². The molecule has 194 valence electrons. The van der Waals surface area contributed by atoms with Gasteiger partial charge in [0.2, 0.25) is 5.91 Å². The minimum Gasteiger partial charge on any atom is -0.497 e. The molecule has 0 aromatic heterocycles. The predicted molar refractivity (Wildman–Crippen MR) is 150 cm³/mol. The molecule has 1 aliphatic heterocycles. The molecule has 3 atom stereocenters. The standard InChI is InChI=1S/C32H39N3O2/c1-19-11-20(2)27(21(3)12-19)18-29(33)32(36)35-31-9-10-34-30-8-5-22(16-28(30)31)13-23-14-24-6-7-26(37-4)17-25(24)15-23/h5-8,11-12,16-17,23,29,31,34H,9-10,13-15,18,33H2,1-4H3,(H,35,36). The molecule has 37 heavy (non-hydrogen) atoms. The summed E-state index contributed by atoms with van der Waals surface area (Å²) in [5, 5.41) is 6.78. The van der Waals surface area contributed by atoms with E-state index in [-0.39, 0.29) is 11.9 Å². The van der Waals surface area contributed by atoms with Gasteiger partial charge in [-0.25, -0.2) is 0 Å². The molecule has 0 fully saturated rings. The molecule has 4 N–H and O–H groups in total. The van der Waals surface area contributed by atoms with Crippen molar-refractivity contribution in [2.45, 2.75) is 65.0 Å². The highest BCUT2D eigenvalue weighted by molar-refractivity contribution is 5.82. The second-order valence-corrected chi connectivity index (χ2v) is 11.0. The number of amides is 1. The number of anilines is 1. The number of fused-ring (bicyclic) bond motifs is 2. The number of nitrogens with one attached hydrogen (secondary N) is 2. The molecule has 3 aromatic carbocycles. The van der Waals surface area contributed by atoms with Crippen LogP contribution in [0.5, 0.6) is 5.75 Å². The van der Waals surface area contributed by atoms with E-state index in [1.165, 1.54) is 44.5 Å². The molecule has 0 saturated carbocycles. The van der Waals surface area contributed by atoms with Crippen molar-refractivity contribution in [3.8, 4) is 5.75 Å². The van der Waals surface area contributed by atoms with E-state index < -0.39 is 6.04 Å². The molecule has 1 aliphatic carbocycles. The SMILES string of the molecule is COc1ccc2c(c1)CC(Cc1ccc3c(c1)C(NC(=O)C(N)Cc1c(C)cc(C)cc1C)CCN3)C2. The van der Waals surface area contributed by atoms with Crippen molar-refractivity contribution in [1.82, 2.24) is 5.32 Å². The lowest BCUT2D eigenvalue weighted by molar-refractivity contribution is -0.123. The Morgan fingerprint density at radius 1 is 1.05 bits per heavy atom. The average Bonchev–Trinajstić information content (AvgIpc) is 3.27. The van der Waals surface area contributed by atoms with E-state index in [0.29, 0.717) is 12.3 Å². The number of hydrogen-bond acceptors (Lipinski definition) is 4. The summed E-state index contributed by atoms with van der Waals surface area (Å²) in [6, 6.07) is 16.9. The summed E-state index contributed by atoms with van der Waals surface area (Å²) in [6.45, 7) is 7.14. The van der Waals surface area contributed by atoms with Gasteiger partial charge in [-0.1, -0.05) is 35.9 Å². The van der Waals surface area contributed by atoms with E-state index in [1.807, 2.05) is 0 Å². The van der Waals surface area contributed by atoms with E-state index in [4.69, 9.17) is 10.5 Å². The Morgan fingerprint density at radius 3 is 2.57 bits per heavy atom. The van der Waals surface area contributed by atoms with Gasteiger partial charge in [-0.3, -0.25) is 4.79 Å². The van der Waals surface area contributed by atoms with Crippen molar-refractivity contribution in [2.75, 3.05) is 19.0 Å². The van der Waals surface area contributed by atoms with Crippen molar-refractivity contribution < 1.29 is 9.53 Å². The Balaban J connectivity index is 1.26. The number of aryl methyl sites for hydroxylation is 3. The predicted octanol–water partition coefficient (Wildman–Crippen LogP) is 5.12. The molecule has 0 radical (unpaired) electrons. The van der Waals surface area contributed by atoms with Crippen LogP contribution < -0.4 is 21.1 Å². The second kappa shape index (κ2) is 10.6. The number of benzene rings is 3. The fourth-order valence-corrected chi connectivity index (χ4v) is 6.26. The molecule has 1 heterocycles. The maximum atomic E-state index is 13.2. The molecule has 0 spiro atoms. The fraction of sp³-hybridized carbons (Fsp3) is 0.406. The molecule has 2 aliphatic rings. The zero-order valence-electron chi connectivity index (χ0n) is 22.5. The van der Waals surface area contributed by atoms with Crippen LogP contribution in [0.4, 0.5) is 5.69 Å². The minimum atomic E-state index is -0.574. The van der Waals surface area contributed by atoms with Crippen LogP contribution in [0.3, 0.4) is 0 Å². The largest absolute Gasteiger partial charge is 0.497 e. The van der Waals surface area contributed by atoms with Gasteiger partial charge in [0, 0.05) is 12.2 Å². The van der Waals surface area contributed by atoms with Gasteiger partial charge >= 0.3 is 0 Å². The quantitative estimate of drug-likeness (QED) is 0.423. The fourth-order valence-electron chi connectivity index (χ4n) is 6.26. The minimum absolute atomic E-state index is 0.0278. The van der Waals surface area contributed by atoms with Crippen LogP contribution in [0.2, 0.25) is 0 Å². The monoisotopic (exact) mass is 497 g/mol. The highest BCUT2D eigenvalue weighted by atomic mass is 16.5. The molecular formula is C32H39N3O2. The third-order valence-corrected chi connectivity index (χ3v) is 8.11. The first-order chi connectivity index (χ1) is 17.8. The summed E-state index contributed by atoms with van der Waals surface area (Å²) in [5.74, 6) is 1.44. The van der Waals surface area contributed by atoms with Crippen molar-refractivity contribution >= 4 is 11.6 Å². The highest BCUT2D eigenvalue weighted by Gasteiger charge is 2.27. The molecule has 5 nitrogen and oxygen atoms in total. The Hall–Kier alpha value is -3.31. The second-order valence-electron chi connectivity index (χ2n) is 11.0. The third-order valence-electron chi connectivity index (χ3n) is 8.11. The number of nitrogens with two attached hydrogens (primary N) is 1. The van der Waals surface area contributed by atoms with Crippen LogP contribution in [-0.2, 0) is 30.5 Å². The van der Waals surface area contributed by atoms with Crippen LogP contribution in [0, 0.1) is 26.7 Å². The number of carbonyl (C=O) groups is 1. The number of rotatable bonds is 7. The lowest BCUT2D eigenvalue weighted by atomic mass is 9.90. The third kappa shape index (κ3) is 5.52. The first kappa shape index (κ1) is 25.3. The maximum Gasteiger partial charge on any atom is 0.237 e. The lowest BCUT2D eigenvalue weighted by Gasteiger charge is -2.29. The first-order valence-electron chi connectivity index (χ1n) is 13.5. The molecule has 5 rings (SSSR count). The normalized spacial score (nSPS) is 18.9. The zero-order chi connectivity index (χ0) is 26.1. The Kier molecular flexibility index (Phi) is 7.25. The number of carbonyl (C=O) groups excluding carboxylic acids is 1. The zero-order valence-corrected chi connectivity index (χ0v) is 22.5. The van der Waals surface area contributed by atoms with Crippen LogP contribution in [0.1, 0.15) is 57.0 Å². The van der Waals surface area contributed by atoms with Crippen molar-refractivity contribution in [3.63, 3.8) is 0 Å². The van der Waals surface area contributed by atoms with Gasteiger partial charge in [0.05, 0.1) is 19.2 Å². The number of ether oxygens (including phenoxy) is 1. The van der Waals surface area contributed by atoms with E-state index >= 15 is 0 Å². The molecule has 3 aromatic rings. The molecule has 1 amide bonds. The van der Waals surface area contributed by atoms with Gasteiger partial charge in [-0.05, 0) is 116 Å². The van der Waals surface area contributed by atoms with Gasteiger partial charge in [0.25, 0.3) is 0 Å². The molecule has 3 unspecified atom stereocenters. The summed E-state index contributed by atoms with van der Waals surface area (Å²) in [5.41, 5.74) is 17.7. The van der Waals surface area contributed by atoms with E-state index in [0.717, 1.165) is 43.7 Å². The van der Waals surface area contributed by atoms with Gasteiger partial charge < -0.3 is 21.1 Å². The molecular weight excluding hydrogens is 458 g/mol. The van der Waals surface area contributed by atoms with Crippen LogP contribution in [0.25, 0.3) is 0 Å². The van der Waals surface area contributed by atoms with E-state index in [9.17, 15) is 4.79 Å². The number of methoxy groups -OCH3 is 1. The maximum absolute atomic E-state index is 13.2.